The van der Waals surface area contributed by atoms with Crippen LogP contribution >= 0.6 is 0 Å². The first-order valence-corrected chi connectivity index (χ1v) is 17.8. The number of imide groups is 2. The summed E-state index contributed by atoms with van der Waals surface area (Å²) < 4.78 is 15.4. The van der Waals surface area contributed by atoms with Gasteiger partial charge in [-0.15, -0.1) is 0 Å². The molecule has 274 valence electrons. The Balaban J connectivity index is 0.914. The summed E-state index contributed by atoms with van der Waals surface area (Å²) in [6.45, 7) is 5.27. The number of allylic oxidation sites excluding steroid dienone is 1. The normalized spacial score (nSPS) is 20.1. The number of amidine groups is 1. The molecular weight excluding hydrogens is 679 g/mol. The van der Waals surface area contributed by atoms with Crippen molar-refractivity contribution in [3.05, 3.63) is 94.8 Å². The zero-order chi connectivity index (χ0) is 37.4. The zero-order valence-electron chi connectivity index (χ0n) is 29.1. The molecule has 3 saturated heterocycles. The van der Waals surface area contributed by atoms with Crippen LogP contribution in [0.25, 0.3) is 5.57 Å². The lowest BCUT2D eigenvalue weighted by Gasteiger charge is -2.40. The standard InChI is InChI=1S/C39H41FN8O5/c40-30-19-28-29(39(53)48(38(28)52)32-9-10-35(50)44-37(32)51)21-33(30)47-17-15-45(16-18-47)22-23-11-13-46(14-12-23)25-7-5-24(6-8-25)27(36(42)43)20-31(41)26-3-1-2-4-34(26)49/h1-8,19-21,23,32,41,49H,9-18,22H2,(H3,42,43)(H,44,50,51)/b27-20-,41-31?. The molecule has 1 atom stereocenters. The molecule has 0 aromatic heterocycles. The van der Waals surface area contributed by atoms with Gasteiger partial charge < -0.3 is 26.0 Å². The smallest absolute Gasteiger partial charge is 0.262 e. The van der Waals surface area contributed by atoms with Crippen LogP contribution in [-0.4, -0.2) is 102 Å². The molecular formula is C39H41FN8O5. The maximum atomic E-state index is 15.4. The highest BCUT2D eigenvalue weighted by atomic mass is 19.1. The van der Waals surface area contributed by atoms with Gasteiger partial charge in [-0.05, 0) is 73.2 Å². The summed E-state index contributed by atoms with van der Waals surface area (Å²) in [5.74, 6) is -2.80. The monoisotopic (exact) mass is 720 g/mol. The third-order valence-corrected chi connectivity index (χ3v) is 10.7. The number of rotatable bonds is 9. The number of piperazine rings is 1. The third-order valence-electron chi connectivity index (χ3n) is 10.7. The van der Waals surface area contributed by atoms with Crippen molar-refractivity contribution in [3.63, 3.8) is 0 Å². The van der Waals surface area contributed by atoms with Crippen molar-refractivity contribution in [2.45, 2.75) is 31.7 Å². The predicted octanol–water partition coefficient (Wildman–Crippen LogP) is 3.36. The molecule has 0 aliphatic carbocycles. The molecule has 3 fully saturated rings. The van der Waals surface area contributed by atoms with E-state index in [1.807, 2.05) is 29.2 Å². The third kappa shape index (κ3) is 7.14. The van der Waals surface area contributed by atoms with Crippen LogP contribution < -0.4 is 20.9 Å². The van der Waals surface area contributed by atoms with Crippen LogP contribution in [0.5, 0.6) is 5.75 Å². The minimum Gasteiger partial charge on any atom is -0.507 e. The van der Waals surface area contributed by atoms with E-state index in [9.17, 15) is 24.3 Å². The summed E-state index contributed by atoms with van der Waals surface area (Å²) in [4.78, 5) is 57.8. The average Bonchev–Trinajstić information content (AvgIpc) is 3.38. The van der Waals surface area contributed by atoms with Gasteiger partial charge in [0.15, 0.2) is 0 Å². The maximum absolute atomic E-state index is 15.4. The number of hydrogen-bond donors (Lipinski definition) is 5. The molecule has 14 heteroatoms. The Morgan fingerprint density at radius 1 is 0.868 bits per heavy atom. The number of nitrogens with two attached hydrogens (primary N) is 1. The van der Waals surface area contributed by atoms with Gasteiger partial charge in [0.2, 0.25) is 11.8 Å². The Bertz CT molecular complexity index is 2030. The topological polar surface area (TPSA) is 187 Å². The van der Waals surface area contributed by atoms with Gasteiger partial charge in [-0.1, -0.05) is 24.3 Å². The number of carbonyl (C=O) groups is 4. The molecule has 4 amide bonds. The quantitative estimate of drug-likeness (QED) is 0.126. The van der Waals surface area contributed by atoms with Crippen LogP contribution in [0.4, 0.5) is 15.8 Å². The largest absolute Gasteiger partial charge is 0.507 e. The lowest BCUT2D eigenvalue weighted by atomic mass is 9.95. The molecule has 13 nitrogen and oxygen atoms in total. The summed E-state index contributed by atoms with van der Waals surface area (Å²) in [7, 11) is 0. The molecule has 4 aliphatic rings. The average molecular weight is 721 g/mol. The van der Waals surface area contributed by atoms with E-state index in [0.717, 1.165) is 62.2 Å². The fraction of sp³-hybridized carbons (Fsp3) is 0.333. The number of carbonyl (C=O) groups excluding carboxylic acids is 4. The van der Waals surface area contributed by atoms with Gasteiger partial charge in [0.1, 0.15) is 23.4 Å². The van der Waals surface area contributed by atoms with E-state index in [1.54, 1.807) is 18.2 Å². The second kappa shape index (κ2) is 14.6. The SMILES string of the molecule is N=C(N)/C(=C\C(=N)c1ccccc1O)c1ccc(N2CCC(CN3CCN(c4cc5c(cc4F)C(=O)N(C4CCC(=O)NC4=O)C5=O)CC3)CC2)cc1. The van der Waals surface area contributed by atoms with E-state index >= 15 is 4.39 Å². The molecule has 3 aromatic carbocycles. The van der Waals surface area contributed by atoms with Gasteiger partial charge in [0.25, 0.3) is 11.8 Å². The van der Waals surface area contributed by atoms with Crippen molar-refractivity contribution < 1.29 is 28.7 Å². The molecule has 7 rings (SSSR count). The summed E-state index contributed by atoms with van der Waals surface area (Å²) >= 11 is 0. The van der Waals surface area contributed by atoms with E-state index in [-0.39, 0.29) is 47.0 Å². The first kappa shape index (κ1) is 35.5. The zero-order valence-corrected chi connectivity index (χ0v) is 29.1. The van der Waals surface area contributed by atoms with E-state index in [4.69, 9.17) is 16.6 Å². The summed E-state index contributed by atoms with van der Waals surface area (Å²) in [5, 5.41) is 28.9. The van der Waals surface area contributed by atoms with Crippen LogP contribution in [0.3, 0.4) is 0 Å². The number of nitrogens with zero attached hydrogens (tertiary/aromatic N) is 4. The number of anilines is 2. The number of phenols is 1. The molecule has 6 N–H and O–H groups in total. The molecule has 53 heavy (non-hydrogen) atoms. The Kier molecular flexibility index (Phi) is 9.80. The number of benzene rings is 3. The predicted molar refractivity (Wildman–Crippen MR) is 198 cm³/mol. The summed E-state index contributed by atoms with van der Waals surface area (Å²) in [6.07, 6.45) is 3.58. The number of hydrogen-bond acceptors (Lipinski definition) is 10. The highest BCUT2D eigenvalue weighted by molar-refractivity contribution is 6.27. The molecule has 0 saturated carbocycles. The molecule has 3 aromatic rings. The minimum atomic E-state index is -1.10. The van der Waals surface area contributed by atoms with Crippen molar-refractivity contribution in [1.82, 2.24) is 15.1 Å². The van der Waals surface area contributed by atoms with Crippen molar-refractivity contribution >= 4 is 52.1 Å². The number of aromatic hydroxyl groups is 1. The molecule has 4 aliphatic heterocycles. The van der Waals surface area contributed by atoms with Gasteiger partial charge in [-0.25, -0.2) is 4.39 Å². The van der Waals surface area contributed by atoms with Gasteiger partial charge >= 0.3 is 0 Å². The number of piperidine rings is 2. The van der Waals surface area contributed by atoms with Crippen molar-refractivity contribution in [3.8, 4) is 5.75 Å². The summed E-state index contributed by atoms with van der Waals surface area (Å²) in [5.41, 5.74) is 8.76. The van der Waals surface area contributed by atoms with Crippen molar-refractivity contribution in [2.75, 3.05) is 55.6 Å². The van der Waals surface area contributed by atoms with Gasteiger partial charge in [-0.3, -0.25) is 39.7 Å². The van der Waals surface area contributed by atoms with Crippen molar-refractivity contribution in [1.29, 1.82) is 10.8 Å². The first-order chi connectivity index (χ1) is 25.5. The molecule has 0 bridgehead atoms. The number of halogens is 1. The van der Waals surface area contributed by atoms with E-state index in [2.05, 4.69) is 15.1 Å². The fourth-order valence-corrected chi connectivity index (χ4v) is 7.72. The number of nitrogens with one attached hydrogen (secondary N) is 3. The Labute approximate surface area is 305 Å². The van der Waals surface area contributed by atoms with Crippen LogP contribution in [-0.2, 0) is 9.59 Å². The highest BCUT2D eigenvalue weighted by Crippen LogP contribution is 2.34. The van der Waals surface area contributed by atoms with Gasteiger partial charge in [0, 0.05) is 69.1 Å². The number of amides is 4. The lowest BCUT2D eigenvalue weighted by molar-refractivity contribution is -0.136. The molecule has 0 spiro atoms. The number of para-hydroxylation sites is 1. The number of fused-ring (bicyclic) bond motifs is 1. The van der Waals surface area contributed by atoms with Gasteiger partial charge in [0.05, 0.1) is 22.5 Å². The van der Waals surface area contributed by atoms with E-state index < -0.39 is 35.5 Å². The summed E-state index contributed by atoms with van der Waals surface area (Å²) in [6, 6.07) is 15.8. The minimum absolute atomic E-state index is 0.00999. The van der Waals surface area contributed by atoms with Crippen LogP contribution in [0.1, 0.15) is 57.5 Å². The highest BCUT2D eigenvalue weighted by Gasteiger charge is 2.45. The van der Waals surface area contributed by atoms with Crippen molar-refractivity contribution in [2.24, 2.45) is 11.7 Å². The van der Waals surface area contributed by atoms with Crippen LogP contribution in [0, 0.1) is 22.6 Å². The van der Waals surface area contributed by atoms with Crippen LogP contribution in [0.15, 0.2) is 66.7 Å². The Morgan fingerprint density at radius 2 is 1.53 bits per heavy atom. The van der Waals surface area contributed by atoms with Crippen LogP contribution in [0.2, 0.25) is 0 Å². The fourth-order valence-electron chi connectivity index (χ4n) is 7.72. The molecule has 1 unspecified atom stereocenters. The first-order valence-electron chi connectivity index (χ1n) is 17.8. The van der Waals surface area contributed by atoms with E-state index in [0.29, 0.717) is 35.7 Å². The molecule has 0 radical (unpaired) electrons. The Hall–Kier alpha value is -5.89. The molecule has 4 heterocycles. The van der Waals surface area contributed by atoms with Gasteiger partial charge in [-0.2, -0.15) is 0 Å². The Morgan fingerprint density at radius 3 is 2.17 bits per heavy atom. The van der Waals surface area contributed by atoms with E-state index in [1.165, 1.54) is 18.2 Å². The maximum Gasteiger partial charge on any atom is 0.262 e. The lowest BCUT2D eigenvalue weighted by Crippen LogP contribution is -2.54. The second-order valence-electron chi connectivity index (χ2n) is 14.0. The number of phenolic OH excluding ortho intramolecular Hbond substituents is 1. The second-order valence-corrected chi connectivity index (χ2v) is 14.0.